The molecule has 1 amide bonds. The van der Waals surface area contributed by atoms with Gasteiger partial charge in [-0.1, -0.05) is 6.07 Å². The average molecular weight is 260 g/mol. The van der Waals surface area contributed by atoms with Crippen molar-refractivity contribution < 1.29 is 9.18 Å². The molecule has 0 atom stereocenters. The van der Waals surface area contributed by atoms with E-state index in [1.54, 1.807) is 18.2 Å². The number of benzene rings is 1. The summed E-state index contributed by atoms with van der Waals surface area (Å²) < 4.78 is 13.6. The summed E-state index contributed by atoms with van der Waals surface area (Å²) in [6.45, 7) is 1.81. The third-order valence-electron chi connectivity index (χ3n) is 2.59. The number of nitrogen functional groups attached to an aromatic ring is 1. The van der Waals surface area contributed by atoms with Crippen LogP contribution < -0.4 is 16.6 Å². The third-order valence-corrected chi connectivity index (χ3v) is 2.59. The van der Waals surface area contributed by atoms with Crippen molar-refractivity contribution in [2.45, 2.75) is 6.92 Å². The molecule has 1 aromatic heterocycles. The number of hydrogen-bond donors (Lipinski definition) is 3. The minimum Gasteiger partial charge on any atom is -0.323 e. The van der Waals surface area contributed by atoms with Gasteiger partial charge in [0.25, 0.3) is 5.91 Å². The number of carbonyl (C=O) groups is 1. The Labute approximate surface area is 109 Å². The third kappa shape index (κ3) is 2.86. The second kappa shape index (κ2) is 5.45. The van der Waals surface area contributed by atoms with E-state index in [4.69, 9.17) is 5.84 Å². The highest BCUT2D eigenvalue weighted by Crippen LogP contribution is 2.19. The maximum atomic E-state index is 13.6. The largest absolute Gasteiger partial charge is 0.323 e. The Morgan fingerprint density at radius 3 is 2.84 bits per heavy atom. The fourth-order valence-electron chi connectivity index (χ4n) is 1.63. The standard InChI is InChI=1S/C13H13FN4O/c1-8-2-3-10(14)12(6-8)17-13(19)9-7-16-5-4-11(9)18-15/h2-7H,15H2,1H3,(H,16,18)(H,17,19). The van der Waals surface area contributed by atoms with Crippen LogP contribution in [0.25, 0.3) is 0 Å². The van der Waals surface area contributed by atoms with E-state index in [1.165, 1.54) is 18.5 Å². The van der Waals surface area contributed by atoms with Crippen LogP contribution in [0.1, 0.15) is 15.9 Å². The van der Waals surface area contributed by atoms with Crippen LogP contribution >= 0.6 is 0 Å². The minimum absolute atomic E-state index is 0.122. The predicted octanol–water partition coefficient (Wildman–Crippen LogP) is 2.07. The first kappa shape index (κ1) is 13.0. The maximum absolute atomic E-state index is 13.6. The van der Waals surface area contributed by atoms with Gasteiger partial charge in [0.05, 0.1) is 16.9 Å². The molecule has 0 bridgehead atoms. The van der Waals surface area contributed by atoms with Crippen molar-refractivity contribution in [3.8, 4) is 0 Å². The van der Waals surface area contributed by atoms with Crippen molar-refractivity contribution in [2.24, 2.45) is 5.84 Å². The molecule has 2 rings (SSSR count). The van der Waals surface area contributed by atoms with Gasteiger partial charge in [-0.15, -0.1) is 0 Å². The van der Waals surface area contributed by atoms with Crippen molar-refractivity contribution in [2.75, 3.05) is 10.7 Å². The van der Waals surface area contributed by atoms with Gasteiger partial charge >= 0.3 is 0 Å². The predicted molar refractivity (Wildman–Crippen MR) is 71.1 cm³/mol. The summed E-state index contributed by atoms with van der Waals surface area (Å²) >= 11 is 0. The molecule has 0 aliphatic rings. The number of carbonyl (C=O) groups excluding carboxylic acids is 1. The zero-order valence-electron chi connectivity index (χ0n) is 10.3. The Morgan fingerprint density at radius 1 is 1.32 bits per heavy atom. The van der Waals surface area contributed by atoms with E-state index in [0.29, 0.717) is 5.69 Å². The van der Waals surface area contributed by atoms with Crippen molar-refractivity contribution in [1.82, 2.24) is 4.98 Å². The number of aryl methyl sites for hydroxylation is 1. The molecular weight excluding hydrogens is 247 g/mol. The Kier molecular flexibility index (Phi) is 3.72. The van der Waals surface area contributed by atoms with Crippen LogP contribution in [0.3, 0.4) is 0 Å². The molecule has 0 aliphatic heterocycles. The first-order valence-electron chi connectivity index (χ1n) is 5.60. The molecule has 6 heteroatoms. The van der Waals surface area contributed by atoms with Crippen LogP contribution in [0.2, 0.25) is 0 Å². The highest BCUT2D eigenvalue weighted by Gasteiger charge is 2.13. The van der Waals surface area contributed by atoms with Gasteiger partial charge in [-0.2, -0.15) is 0 Å². The van der Waals surface area contributed by atoms with Crippen LogP contribution in [0.15, 0.2) is 36.7 Å². The second-order valence-electron chi connectivity index (χ2n) is 4.00. The smallest absolute Gasteiger partial charge is 0.259 e. The summed E-state index contributed by atoms with van der Waals surface area (Å²) in [7, 11) is 0. The molecule has 2 aromatic rings. The Hall–Kier alpha value is -2.47. The molecule has 0 fully saturated rings. The number of pyridine rings is 1. The van der Waals surface area contributed by atoms with Gasteiger partial charge < -0.3 is 10.7 Å². The molecule has 0 aliphatic carbocycles. The number of hydrazine groups is 1. The Morgan fingerprint density at radius 2 is 2.11 bits per heavy atom. The number of nitrogens with two attached hydrogens (primary N) is 1. The first-order chi connectivity index (χ1) is 9.11. The number of rotatable bonds is 3. The van der Waals surface area contributed by atoms with Gasteiger partial charge in [-0.3, -0.25) is 15.6 Å². The SMILES string of the molecule is Cc1ccc(F)c(NC(=O)c2cnccc2NN)c1. The van der Waals surface area contributed by atoms with Gasteiger partial charge in [-0.05, 0) is 30.7 Å². The summed E-state index contributed by atoms with van der Waals surface area (Å²) in [4.78, 5) is 15.9. The molecule has 0 saturated carbocycles. The quantitative estimate of drug-likeness (QED) is 0.583. The van der Waals surface area contributed by atoms with Crippen LogP contribution in [-0.2, 0) is 0 Å². The normalized spacial score (nSPS) is 10.1. The summed E-state index contributed by atoms with van der Waals surface area (Å²) in [6.07, 6.45) is 2.86. The lowest BCUT2D eigenvalue weighted by Crippen LogP contribution is -2.18. The molecular formula is C13H13FN4O. The van der Waals surface area contributed by atoms with Crippen LogP contribution in [0.5, 0.6) is 0 Å². The van der Waals surface area contributed by atoms with Crippen LogP contribution in [0, 0.1) is 12.7 Å². The molecule has 0 saturated heterocycles. The number of aromatic nitrogens is 1. The number of hydrogen-bond acceptors (Lipinski definition) is 4. The van der Waals surface area contributed by atoms with E-state index in [0.717, 1.165) is 5.56 Å². The molecule has 0 radical (unpaired) electrons. The maximum Gasteiger partial charge on any atom is 0.259 e. The molecule has 0 spiro atoms. The molecule has 19 heavy (non-hydrogen) atoms. The zero-order valence-corrected chi connectivity index (χ0v) is 10.3. The highest BCUT2D eigenvalue weighted by atomic mass is 19.1. The molecule has 1 heterocycles. The lowest BCUT2D eigenvalue weighted by atomic mass is 10.2. The molecule has 0 unspecified atom stereocenters. The van der Waals surface area contributed by atoms with Crippen molar-refractivity contribution in [3.63, 3.8) is 0 Å². The monoisotopic (exact) mass is 260 g/mol. The van der Waals surface area contributed by atoms with E-state index in [-0.39, 0.29) is 11.3 Å². The van der Waals surface area contributed by atoms with E-state index in [9.17, 15) is 9.18 Å². The minimum atomic E-state index is -0.495. The van der Waals surface area contributed by atoms with Gasteiger partial charge in [0.1, 0.15) is 5.82 Å². The van der Waals surface area contributed by atoms with Gasteiger partial charge in [0.15, 0.2) is 0 Å². The molecule has 98 valence electrons. The zero-order chi connectivity index (χ0) is 13.8. The topological polar surface area (TPSA) is 80.0 Å². The van der Waals surface area contributed by atoms with Crippen molar-refractivity contribution in [3.05, 3.63) is 53.6 Å². The van der Waals surface area contributed by atoms with E-state index in [1.807, 2.05) is 6.92 Å². The number of amides is 1. The summed E-state index contributed by atoms with van der Waals surface area (Å²) in [5, 5.41) is 2.49. The number of anilines is 2. The van der Waals surface area contributed by atoms with E-state index >= 15 is 0 Å². The lowest BCUT2D eigenvalue weighted by Gasteiger charge is -2.10. The van der Waals surface area contributed by atoms with Gasteiger partial charge in [-0.25, -0.2) is 4.39 Å². The molecule has 4 N–H and O–H groups in total. The van der Waals surface area contributed by atoms with Gasteiger partial charge in [0, 0.05) is 12.4 Å². The van der Waals surface area contributed by atoms with Gasteiger partial charge in [0.2, 0.25) is 0 Å². The Balaban J connectivity index is 2.28. The number of nitrogens with zero attached hydrogens (tertiary/aromatic N) is 1. The fourth-order valence-corrected chi connectivity index (χ4v) is 1.63. The summed E-state index contributed by atoms with van der Waals surface area (Å²) in [5.41, 5.74) is 4.02. The fraction of sp³-hybridized carbons (Fsp3) is 0.0769. The van der Waals surface area contributed by atoms with Crippen molar-refractivity contribution >= 4 is 17.3 Å². The average Bonchev–Trinajstić information content (AvgIpc) is 2.42. The highest BCUT2D eigenvalue weighted by molar-refractivity contribution is 6.07. The second-order valence-corrected chi connectivity index (χ2v) is 4.00. The van der Waals surface area contributed by atoms with Crippen LogP contribution in [0.4, 0.5) is 15.8 Å². The van der Waals surface area contributed by atoms with E-state index < -0.39 is 11.7 Å². The molecule has 1 aromatic carbocycles. The van der Waals surface area contributed by atoms with Crippen LogP contribution in [-0.4, -0.2) is 10.9 Å². The number of nitrogens with one attached hydrogen (secondary N) is 2. The van der Waals surface area contributed by atoms with Crippen molar-refractivity contribution in [1.29, 1.82) is 0 Å². The lowest BCUT2D eigenvalue weighted by molar-refractivity contribution is 0.102. The summed E-state index contributed by atoms with van der Waals surface area (Å²) in [6, 6.07) is 6.04. The summed E-state index contributed by atoms with van der Waals surface area (Å²) in [5.74, 6) is 4.33. The van der Waals surface area contributed by atoms with E-state index in [2.05, 4.69) is 15.7 Å². The first-order valence-corrected chi connectivity index (χ1v) is 5.60. The number of halogens is 1. The molecule has 5 nitrogen and oxygen atoms in total. The Bertz CT molecular complexity index is 615.